The van der Waals surface area contributed by atoms with E-state index in [0.717, 1.165) is 27.9 Å². The van der Waals surface area contributed by atoms with Crippen LogP contribution in [0.15, 0.2) is 54.9 Å². The third-order valence-electron chi connectivity index (χ3n) is 6.54. The first-order valence-electron chi connectivity index (χ1n) is 11.9. The van der Waals surface area contributed by atoms with Crippen molar-refractivity contribution in [3.63, 3.8) is 0 Å². The molecule has 0 radical (unpaired) electrons. The van der Waals surface area contributed by atoms with Crippen molar-refractivity contribution < 1.29 is 36.3 Å². The predicted octanol–water partition coefficient (Wildman–Crippen LogP) is 3.74. The highest BCUT2D eigenvalue weighted by Crippen LogP contribution is 2.39. The Kier molecular flexibility index (Phi) is 6.77. The molecule has 2 amide bonds. The molecule has 208 valence electrons. The smallest absolute Gasteiger partial charge is 0.418 e. The van der Waals surface area contributed by atoms with Crippen molar-refractivity contribution in [1.29, 1.82) is 0 Å². The minimum Gasteiger partial charge on any atom is -0.497 e. The van der Waals surface area contributed by atoms with Crippen LogP contribution in [0.4, 0.5) is 27.8 Å². The Morgan fingerprint density at radius 1 is 1.12 bits per heavy atom. The zero-order valence-electron chi connectivity index (χ0n) is 20.7. The summed E-state index contributed by atoms with van der Waals surface area (Å²) in [6.45, 7) is -0.579. The molecule has 1 aliphatic heterocycles. The van der Waals surface area contributed by atoms with Gasteiger partial charge in [-0.3, -0.25) is 9.59 Å². The lowest BCUT2D eigenvalue weighted by Crippen LogP contribution is -2.41. The summed E-state index contributed by atoms with van der Waals surface area (Å²) in [5, 5.41) is 6.41. The van der Waals surface area contributed by atoms with Crippen LogP contribution in [0.3, 0.4) is 0 Å². The fraction of sp³-hybridized carbons (Fsp3) is 0.231. The number of methoxy groups -OCH3 is 1. The molecule has 3 heterocycles. The number of alkyl halides is 4. The molecule has 0 bridgehead atoms. The zero-order valence-corrected chi connectivity index (χ0v) is 20.7. The lowest BCUT2D eigenvalue weighted by Gasteiger charge is -2.17. The average molecular weight is 560 g/mol. The molecule has 0 unspecified atom stereocenters. The van der Waals surface area contributed by atoms with Gasteiger partial charge in [0.2, 0.25) is 0 Å². The van der Waals surface area contributed by atoms with Crippen molar-refractivity contribution in [2.45, 2.75) is 18.4 Å². The minimum absolute atomic E-state index is 0.0460. The number of carbonyl (C=O) groups excluding carboxylic acids is 2. The second-order valence-corrected chi connectivity index (χ2v) is 9.08. The predicted molar refractivity (Wildman–Crippen MR) is 133 cm³/mol. The van der Waals surface area contributed by atoms with E-state index in [9.17, 15) is 31.5 Å². The van der Waals surface area contributed by atoms with Crippen molar-refractivity contribution >= 4 is 23.1 Å². The zero-order chi connectivity index (χ0) is 28.8. The maximum atomic E-state index is 14.8. The molecule has 0 aliphatic carbocycles. The topological polar surface area (TPSA) is 115 Å². The molecule has 1 fully saturated rings. The van der Waals surface area contributed by atoms with Gasteiger partial charge in [0.1, 0.15) is 29.6 Å². The Morgan fingerprint density at radius 2 is 1.88 bits per heavy atom. The summed E-state index contributed by atoms with van der Waals surface area (Å²) in [6.07, 6.45) is -5.42. The fourth-order valence-electron chi connectivity index (χ4n) is 4.61. The highest BCUT2D eigenvalue weighted by atomic mass is 19.4. The van der Waals surface area contributed by atoms with E-state index in [1.807, 2.05) is 0 Å². The van der Waals surface area contributed by atoms with Crippen molar-refractivity contribution in [2.75, 3.05) is 25.9 Å². The van der Waals surface area contributed by atoms with Crippen molar-refractivity contribution in [3.8, 4) is 17.0 Å². The van der Waals surface area contributed by atoms with Crippen molar-refractivity contribution in [1.82, 2.24) is 24.8 Å². The largest absolute Gasteiger partial charge is 0.497 e. The molecule has 0 saturated carbocycles. The molecule has 2 aromatic carbocycles. The van der Waals surface area contributed by atoms with E-state index >= 15 is 0 Å². The van der Waals surface area contributed by atoms with Gasteiger partial charge in [0.05, 0.1) is 36.5 Å². The summed E-state index contributed by atoms with van der Waals surface area (Å²) in [7, 11) is 1.30. The Morgan fingerprint density at radius 3 is 2.58 bits per heavy atom. The van der Waals surface area contributed by atoms with Crippen LogP contribution < -0.4 is 15.8 Å². The number of benzene rings is 2. The summed E-state index contributed by atoms with van der Waals surface area (Å²) >= 11 is 0. The number of hydrogen-bond donors (Lipinski definition) is 2. The molecule has 2 aromatic heterocycles. The maximum Gasteiger partial charge on any atom is 0.418 e. The van der Waals surface area contributed by atoms with E-state index in [-0.39, 0.29) is 47.0 Å². The fourth-order valence-corrected chi connectivity index (χ4v) is 4.61. The van der Waals surface area contributed by atoms with Gasteiger partial charge in [0.25, 0.3) is 11.8 Å². The van der Waals surface area contributed by atoms with Gasteiger partial charge < -0.3 is 20.7 Å². The van der Waals surface area contributed by atoms with E-state index in [1.165, 1.54) is 43.5 Å². The van der Waals surface area contributed by atoms with Crippen molar-refractivity contribution in [2.24, 2.45) is 0 Å². The number of halogens is 5. The van der Waals surface area contributed by atoms with Gasteiger partial charge in [0, 0.05) is 17.7 Å². The van der Waals surface area contributed by atoms with Crippen LogP contribution in [-0.2, 0) is 6.18 Å². The van der Waals surface area contributed by atoms with Gasteiger partial charge in [-0.1, -0.05) is 12.1 Å². The van der Waals surface area contributed by atoms with Crippen LogP contribution in [0.25, 0.3) is 16.8 Å². The molecule has 3 N–H and O–H groups in total. The number of amides is 2. The van der Waals surface area contributed by atoms with Gasteiger partial charge in [0.15, 0.2) is 5.82 Å². The quantitative estimate of drug-likeness (QED) is 0.360. The van der Waals surface area contributed by atoms with Gasteiger partial charge >= 0.3 is 6.18 Å². The summed E-state index contributed by atoms with van der Waals surface area (Å²) in [6, 6.07) is 9.03. The normalized spacial score (nSPS) is 17.3. The summed E-state index contributed by atoms with van der Waals surface area (Å²) in [4.78, 5) is 30.6. The Balaban J connectivity index is 1.44. The molecular weight excluding hydrogens is 539 g/mol. The van der Waals surface area contributed by atoms with E-state index in [4.69, 9.17) is 10.5 Å². The van der Waals surface area contributed by atoms with Gasteiger partial charge in [-0.25, -0.2) is 18.3 Å². The number of nitrogens with zero attached hydrogens (tertiary/aromatic N) is 4. The average Bonchev–Trinajstić information content (AvgIpc) is 3.50. The Bertz CT molecular complexity index is 1620. The van der Waals surface area contributed by atoms with E-state index < -0.39 is 47.1 Å². The highest BCUT2D eigenvalue weighted by Gasteiger charge is 2.38. The van der Waals surface area contributed by atoms with Gasteiger partial charge in [-0.2, -0.15) is 18.3 Å². The lowest BCUT2D eigenvalue weighted by molar-refractivity contribution is -0.136. The molecule has 5 rings (SSSR count). The molecule has 0 spiro atoms. The number of nitrogens with one attached hydrogen (secondary N) is 1. The number of nitrogen functional groups attached to an aromatic ring is 1. The van der Waals surface area contributed by atoms with E-state index in [0.29, 0.717) is 0 Å². The number of aromatic nitrogens is 3. The number of anilines is 1. The monoisotopic (exact) mass is 560 g/mol. The number of ether oxygens (including phenoxy) is 1. The van der Waals surface area contributed by atoms with Crippen LogP contribution >= 0.6 is 0 Å². The molecule has 40 heavy (non-hydrogen) atoms. The first kappa shape index (κ1) is 26.8. The SMILES string of the molecule is COc1cc(C(=O)N[C@@H]2CN(C(=O)c3ccccc3F)C[C@@H]2F)cc(-c2cc(C(F)(F)F)c3c(N)ncnn23)c1. The van der Waals surface area contributed by atoms with E-state index in [1.54, 1.807) is 0 Å². The number of nitrogens with two attached hydrogens (primary N) is 1. The molecule has 1 saturated heterocycles. The van der Waals surface area contributed by atoms with Crippen LogP contribution in [0.1, 0.15) is 26.3 Å². The minimum atomic E-state index is -4.77. The maximum absolute atomic E-state index is 14.8. The molecule has 1 aliphatic rings. The first-order chi connectivity index (χ1) is 19.0. The van der Waals surface area contributed by atoms with Gasteiger partial charge in [-0.05, 0) is 36.4 Å². The third kappa shape index (κ3) is 4.87. The summed E-state index contributed by atoms with van der Waals surface area (Å²) < 4.78 is 76.4. The van der Waals surface area contributed by atoms with Crippen LogP contribution in [-0.4, -0.2) is 63.7 Å². The van der Waals surface area contributed by atoms with Crippen LogP contribution in [0, 0.1) is 5.82 Å². The Hall–Kier alpha value is -4.75. The Labute approximate surface area is 223 Å². The summed E-state index contributed by atoms with van der Waals surface area (Å²) in [5.41, 5.74) is 4.01. The molecule has 4 aromatic rings. The number of hydrogen-bond acceptors (Lipinski definition) is 6. The third-order valence-corrected chi connectivity index (χ3v) is 6.54. The van der Waals surface area contributed by atoms with Gasteiger partial charge in [-0.15, -0.1) is 0 Å². The lowest BCUT2D eigenvalue weighted by atomic mass is 10.1. The first-order valence-corrected chi connectivity index (χ1v) is 11.9. The summed E-state index contributed by atoms with van der Waals surface area (Å²) in [5.74, 6) is -2.49. The molecule has 14 heteroatoms. The number of rotatable bonds is 5. The van der Waals surface area contributed by atoms with Crippen molar-refractivity contribution in [3.05, 3.63) is 77.4 Å². The standard InChI is InChI=1S/C26H21F5N6O3/c1-40-15-7-13(21-9-17(26(29,30)31)22-23(32)33-12-34-37(21)22)6-14(8-15)24(38)35-20-11-36(10-19(20)28)25(39)16-4-2-3-5-18(16)27/h2-9,12,19-20H,10-11H2,1H3,(H,35,38)(H2,32,33,34)/t19-,20+/m0/s1. The number of carbonyl (C=O) groups is 2. The highest BCUT2D eigenvalue weighted by molar-refractivity contribution is 5.97. The number of likely N-dealkylation sites (tertiary alicyclic amines) is 1. The second-order valence-electron chi connectivity index (χ2n) is 9.08. The molecule has 9 nitrogen and oxygen atoms in total. The number of fused-ring (bicyclic) bond motifs is 1. The van der Waals surface area contributed by atoms with Crippen LogP contribution in [0.2, 0.25) is 0 Å². The molecular formula is C26H21F5N6O3. The second kappa shape index (κ2) is 10.1. The molecule has 2 atom stereocenters. The van der Waals surface area contributed by atoms with E-state index in [2.05, 4.69) is 15.4 Å². The van der Waals surface area contributed by atoms with Crippen LogP contribution in [0.5, 0.6) is 5.75 Å².